The highest BCUT2D eigenvalue weighted by Crippen LogP contribution is 2.26. The van der Waals surface area contributed by atoms with Crippen molar-refractivity contribution in [1.82, 2.24) is 15.2 Å². The lowest BCUT2D eigenvalue weighted by atomic mass is 9.92. The number of phenols is 1. The average molecular weight is 392 g/mol. The maximum atomic E-state index is 12.8. The first-order chi connectivity index (χ1) is 13.8. The Morgan fingerprint density at radius 3 is 2.52 bits per heavy atom. The normalized spacial score (nSPS) is 11.6. The number of aromatic hydroxyl groups is 1. The topological polar surface area (TPSA) is 88.7 Å². The molecule has 2 N–H and O–H groups in total. The third-order valence-electron chi connectivity index (χ3n) is 4.29. The number of hydrogen-bond acceptors (Lipinski definition) is 5. The summed E-state index contributed by atoms with van der Waals surface area (Å²) >= 11 is 0. The molecule has 0 aliphatic heterocycles. The second-order valence-electron chi connectivity index (χ2n) is 7.54. The number of nitrogens with one attached hydrogen (secondary N) is 1. The molecule has 1 heterocycles. The van der Waals surface area contributed by atoms with Crippen molar-refractivity contribution >= 4 is 12.1 Å². The number of benzene rings is 2. The molecule has 3 aromatic rings. The summed E-state index contributed by atoms with van der Waals surface area (Å²) in [6, 6.07) is 16.1. The van der Waals surface area contributed by atoms with Gasteiger partial charge in [0.15, 0.2) is 11.5 Å². The van der Waals surface area contributed by atoms with Crippen molar-refractivity contribution < 1.29 is 14.6 Å². The molecule has 0 fully saturated rings. The van der Waals surface area contributed by atoms with Crippen molar-refractivity contribution in [3.8, 4) is 17.2 Å². The zero-order chi connectivity index (χ0) is 21.0. The number of rotatable bonds is 5. The van der Waals surface area contributed by atoms with Crippen molar-refractivity contribution in [2.75, 3.05) is 7.11 Å². The average Bonchev–Trinajstić information content (AvgIpc) is 3.15. The van der Waals surface area contributed by atoms with Crippen LogP contribution in [0.4, 0.5) is 0 Å². The van der Waals surface area contributed by atoms with Gasteiger partial charge in [0.1, 0.15) is 5.69 Å². The van der Waals surface area contributed by atoms with Crippen molar-refractivity contribution in [2.45, 2.75) is 26.2 Å². The molecule has 0 unspecified atom stereocenters. The summed E-state index contributed by atoms with van der Waals surface area (Å²) in [5.74, 6) is -0.0155. The van der Waals surface area contributed by atoms with Crippen LogP contribution in [0.1, 0.15) is 42.5 Å². The van der Waals surface area contributed by atoms with Crippen molar-refractivity contribution in [2.24, 2.45) is 5.10 Å². The quantitative estimate of drug-likeness (QED) is 0.512. The number of phenolic OH excluding ortho intramolecular Hbond substituents is 1. The van der Waals surface area contributed by atoms with Crippen LogP contribution in [0.5, 0.6) is 11.5 Å². The van der Waals surface area contributed by atoms with Gasteiger partial charge in [-0.25, -0.2) is 10.1 Å². The van der Waals surface area contributed by atoms with Crippen LogP contribution in [0, 0.1) is 0 Å². The van der Waals surface area contributed by atoms with Crippen LogP contribution in [0.3, 0.4) is 0 Å². The number of methoxy groups -OCH3 is 1. The molecule has 0 spiro atoms. The minimum atomic E-state index is -0.383. The molecule has 7 heteroatoms. The number of hydrazone groups is 1. The smallest absolute Gasteiger partial charge is 0.290 e. The van der Waals surface area contributed by atoms with Gasteiger partial charge in [0.25, 0.3) is 5.91 Å². The third kappa shape index (κ3) is 4.63. The molecule has 7 nitrogen and oxygen atoms in total. The summed E-state index contributed by atoms with van der Waals surface area (Å²) in [6.07, 6.45) is 1.45. The van der Waals surface area contributed by atoms with E-state index in [0.717, 1.165) is 11.4 Å². The lowest BCUT2D eigenvalue weighted by Crippen LogP contribution is -2.21. The first-order valence-electron chi connectivity index (χ1n) is 9.16. The van der Waals surface area contributed by atoms with Crippen LogP contribution in [0.2, 0.25) is 0 Å². The fourth-order valence-corrected chi connectivity index (χ4v) is 2.69. The first-order valence-corrected chi connectivity index (χ1v) is 9.16. The number of nitrogens with zero attached hydrogens (tertiary/aromatic N) is 3. The van der Waals surface area contributed by atoms with Gasteiger partial charge in [-0.1, -0.05) is 39.0 Å². The maximum Gasteiger partial charge on any atom is 0.290 e. The minimum Gasteiger partial charge on any atom is -0.504 e. The molecular weight excluding hydrogens is 368 g/mol. The molecule has 150 valence electrons. The van der Waals surface area contributed by atoms with E-state index in [1.54, 1.807) is 22.9 Å². The maximum absolute atomic E-state index is 12.8. The molecule has 29 heavy (non-hydrogen) atoms. The van der Waals surface area contributed by atoms with Gasteiger partial charge in [-0.15, -0.1) is 0 Å². The Morgan fingerprint density at radius 2 is 1.90 bits per heavy atom. The Hall–Kier alpha value is -3.61. The first kappa shape index (κ1) is 20.1. The molecule has 0 bridgehead atoms. The van der Waals surface area contributed by atoms with E-state index in [1.807, 2.05) is 51.1 Å². The number of hydrogen-bond donors (Lipinski definition) is 2. The van der Waals surface area contributed by atoms with Gasteiger partial charge in [0.2, 0.25) is 0 Å². The zero-order valence-electron chi connectivity index (χ0n) is 16.9. The molecular formula is C22H24N4O3. The SMILES string of the molecule is COc1ccc(/C=N\NC(=O)c2cc(C(C)(C)C)nn2-c2ccccc2)cc1O. The van der Waals surface area contributed by atoms with E-state index < -0.39 is 0 Å². The highest BCUT2D eigenvalue weighted by molar-refractivity contribution is 5.94. The van der Waals surface area contributed by atoms with E-state index >= 15 is 0 Å². The summed E-state index contributed by atoms with van der Waals surface area (Å²) in [5.41, 5.74) is 4.91. The van der Waals surface area contributed by atoms with E-state index in [0.29, 0.717) is 17.0 Å². The molecule has 0 saturated carbocycles. The fraction of sp³-hybridized carbons (Fsp3) is 0.227. The zero-order valence-corrected chi connectivity index (χ0v) is 16.9. The highest BCUT2D eigenvalue weighted by Gasteiger charge is 2.23. The van der Waals surface area contributed by atoms with Gasteiger partial charge >= 0.3 is 0 Å². The Kier molecular flexibility index (Phi) is 5.68. The third-order valence-corrected chi connectivity index (χ3v) is 4.29. The molecule has 2 aromatic carbocycles. The number of carbonyl (C=O) groups is 1. The second-order valence-corrected chi connectivity index (χ2v) is 7.54. The van der Waals surface area contributed by atoms with E-state index in [9.17, 15) is 9.90 Å². The largest absolute Gasteiger partial charge is 0.504 e. The Bertz CT molecular complexity index is 1030. The van der Waals surface area contributed by atoms with Gasteiger partial charge in [-0.2, -0.15) is 10.2 Å². The number of para-hydroxylation sites is 1. The molecule has 1 aromatic heterocycles. The number of amides is 1. The van der Waals surface area contributed by atoms with Gasteiger partial charge in [-0.3, -0.25) is 4.79 Å². The van der Waals surface area contributed by atoms with Crippen LogP contribution in [0.25, 0.3) is 5.69 Å². The summed E-state index contributed by atoms with van der Waals surface area (Å²) < 4.78 is 6.63. The molecule has 0 aliphatic carbocycles. The number of aromatic nitrogens is 2. The molecule has 0 radical (unpaired) electrons. The minimum absolute atomic E-state index is 0.000232. The van der Waals surface area contributed by atoms with Crippen LogP contribution in [-0.4, -0.2) is 34.1 Å². The molecule has 0 atom stereocenters. The summed E-state index contributed by atoms with van der Waals surface area (Å²) in [6.45, 7) is 6.13. The number of ether oxygens (including phenoxy) is 1. The summed E-state index contributed by atoms with van der Waals surface area (Å²) in [7, 11) is 1.48. The van der Waals surface area contributed by atoms with Crippen molar-refractivity contribution in [3.05, 3.63) is 71.5 Å². The standard InChI is InChI=1S/C22H24N4O3/c1-22(2,3)20-13-17(26(25-20)16-8-6-5-7-9-16)21(28)24-23-14-15-10-11-19(29-4)18(27)12-15/h5-14,27H,1-4H3,(H,24,28)/b23-14-. The summed E-state index contributed by atoms with van der Waals surface area (Å²) in [4.78, 5) is 12.8. The highest BCUT2D eigenvalue weighted by atomic mass is 16.5. The van der Waals surface area contributed by atoms with Gasteiger partial charge in [0, 0.05) is 5.41 Å². The molecule has 3 rings (SSSR count). The van der Waals surface area contributed by atoms with E-state index in [-0.39, 0.29) is 17.1 Å². The predicted octanol–water partition coefficient (Wildman–Crippen LogP) is 3.65. The second kappa shape index (κ2) is 8.18. The van der Waals surface area contributed by atoms with Gasteiger partial charge in [0.05, 0.1) is 24.7 Å². The van der Waals surface area contributed by atoms with E-state index in [4.69, 9.17) is 4.74 Å². The Balaban J connectivity index is 1.85. The van der Waals surface area contributed by atoms with Crippen LogP contribution in [-0.2, 0) is 5.41 Å². The molecule has 0 saturated heterocycles. The van der Waals surface area contributed by atoms with Crippen LogP contribution in [0.15, 0.2) is 59.7 Å². The van der Waals surface area contributed by atoms with E-state index in [2.05, 4.69) is 15.6 Å². The molecule has 0 aliphatic rings. The molecule has 1 amide bonds. The number of carbonyl (C=O) groups excluding carboxylic acids is 1. The fourth-order valence-electron chi connectivity index (χ4n) is 2.69. The van der Waals surface area contributed by atoms with Crippen LogP contribution >= 0.6 is 0 Å². The van der Waals surface area contributed by atoms with Gasteiger partial charge < -0.3 is 9.84 Å². The lowest BCUT2D eigenvalue weighted by Gasteiger charge is -2.14. The van der Waals surface area contributed by atoms with Crippen molar-refractivity contribution in [3.63, 3.8) is 0 Å². The Labute approximate surface area is 169 Å². The lowest BCUT2D eigenvalue weighted by molar-refractivity contribution is 0.0947. The Morgan fingerprint density at radius 1 is 1.17 bits per heavy atom. The summed E-state index contributed by atoms with van der Waals surface area (Å²) in [5, 5.41) is 18.5. The van der Waals surface area contributed by atoms with Gasteiger partial charge in [-0.05, 0) is 42.0 Å². The van der Waals surface area contributed by atoms with Crippen LogP contribution < -0.4 is 10.2 Å². The predicted molar refractivity (Wildman–Crippen MR) is 112 cm³/mol. The monoisotopic (exact) mass is 392 g/mol. The van der Waals surface area contributed by atoms with E-state index in [1.165, 1.54) is 19.4 Å². The van der Waals surface area contributed by atoms with Crippen molar-refractivity contribution in [1.29, 1.82) is 0 Å².